The van der Waals surface area contributed by atoms with Gasteiger partial charge in [0.1, 0.15) is 5.76 Å². The number of aryl methyl sites for hydroxylation is 1. The first-order valence-corrected chi connectivity index (χ1v) is 6.98. The molecule has 0 saturated carbocycles. The van der Waals surface area contributed by atoms with E-state index in [2.05, 4.69) is 24.3 Å². The molecule has 0 aliphatic rings. The number of methoxy groups -OCH3 is 1. The van der Waals surface area contributed by atoms with Crippen molar-refractivity contribution in [2.24, 2.45) is 0 Å². The van der Waals surface area contributed by atoms with E-state index in [4.69, 9.17) is 9.15 Å². The Hall–Kier alpha value is -1.75. The number of hydrogen-bond acceptors (Lipinski definition) is 4. The van der Waals surface area contributed by atoms with Crippen LogP contribution in [0.15, 0.2) is 29.0 Å². The predicted octanol–water partition coefficient (Wildman–Crippen LogP) is 2.96. The van der Waals surface area contributed by atoms with Gasteiger partial charge in [-0.05, 0) is 39.4 Å². The standard InChI is InChI=1S/C15H23N3O2/c1-11(2)18-15(14(19-4)10-17-18)13(16-3)8-7-12-6-5-9-20-12/h5-6,9-11,13,16H,7-8H2,1-4H3. The molecule has 5 nitrogen and oxygen atoms in total. The maximum Gasteiger partial charge on any atom is 0.161 e. The first-order chi connectivity index (χ1) is 9.67. The second-order valence-electron chi connectivity index (χ2n) is 5.10. The summed E-state index contributed by atoms with van der Waals surface area (Å²) in [5.41, 5.74) is 1.09. The first-order valence-electron chi connectivity index (χ1n) is 6.98. The topological polar surface area (TPSA) is 52.2 Å². The highest BCUT2D eigenvalue weighted by Gasteiger charge is 2.22. The van der Waals surface area contributed by atoms with E-state index in [-0.39, 0.29) is 6.04 Å². The molecule has 5 heteroatoms. The van der Waals surface area contributed by atoms with Crippen molar-refractivity contribution in [1.82, 2.24) is 15.1 Å². The van der Waals surface area contributed by atoms with Gasteiger partial charge in [-0.15, -0.1) is 0 Å². The SMILES string of the molecule is CNC(CCc1ccco1)c1c(OC)cnn1C(C)C. The van der Waals surface area contributed by atoms with Crippen LogP contribution < -0.4 is 10.1 Å². The number of furan rings is 1. The molecular formula is C15H23N3O2. The van der Waals surface area contributed by atoms with Crippen molar-refractivity contribution < 1.29 is 9.15 Å². The van der Waals surface area contributed by atoms with Crippen LogP contribution in [-0.4, -0.2) is 23.9 Å². The van der Waals surface area contributed by atoms with Gasteiger partial charge < -0.3 is 14.5 Å². The van der Waals surface area contributed by atoms with Crippen molar-refractivity contribution in [3.63, 3.8) is 0 Å². The Kier molecular flexibility index (Phi) is 4.84. The monoisotopic (exact) mass is 277 g/mol. The van der Waals surface area contributed by atoms with Gasteiger partial charge in [0.2, 0.25) is 0 Å². The molecule has 2 heterocycles. The zero-order valence-corrected chi connectivity index (χ0v) is 12.6. The number of hydrogen-bond donors (Lipinski definition) is 1. The summed E-state index contributed by atoms with van der Waals surface area (Å²) in [6.45, 7) is 4.24. The summed E-state index contributed by atoms with van der Waals surface area (Å²) in [6.07, 6.45) is 5.30. The van der Waals surface area contributed by atoms with Crippen LogP contribution in [-0.2, 0) is 6.42 Å². The molecule has 0 radical (unpaired) electrons. The summed E-state index contributed by atoms with van der Waals surface area (Å²) in [7, 11) is 3.65. The molecule has 0 spiro atoms. The van der Waals surface area contributed by atoms with Crippen LogP contribution in [0.25, 0.3) is 0 Å². The van der Waals surface area contributed by atoms with Crippen LogP contribution >= 0.6 is 0 Å². The van der Waals surface area contributed by atoms with Gasteiger partial charge >= 0.3 is 0 Å². The maximum absolute atomic E-state index is 5.45. The van der Waals surface area contributed by atoms with E-state index in [9.17, 15) is 0 Å². The molecular weight excluding hydrogens is 254 g/mol. The summed E-state index contributed by atoms with van der Waals surface area (Å²) < 4.78 is 12.9. The van der Waals surface area contributed by atoms with Crippen LogP contribution in [0.4, 0.5) is 0 Å². The van der Waals surface area contributed by atoms with Gasteiger partial charge in [0.05, 0.1) is 31.3 Å². The predicted molar refractivity (Wildman–Crippen MR) is 78.0 cm³/mol. The van der Waals surface area contributed by atoms with Gasteiger partial charge in [0, 0.05) is 12.5 Å². The number of nitrogens with one attached hydrogen (secondary N) is 1. The minimum absolute atomic E-state index is 0.181. The van der Waals surface area contributed by atoms with E-state index in [0.717, 1.165) is 30.0 Å². The highest BCUT2D eigenvalue weighted by Crippen LogP contribution is 2.30. The second-order valence-corrected chi connectivity index (χ2v) is 5.10. The largest absolute Gasteiger partial charge is 0.493 e. The minimum atomic E-state index is 0.181. The fourth-order valence-corrected chi connectivity index (χ4v) is 2.42. The average Bonchev–Trinajstić information content (AvgIpc) is 3.08. The van der Waals surface area contributed by atoms with Crippen LogP contribution in [0.5, 0.6) is 5.75 Å². The van der Waals surface area contributed by atoms with Crippen molar-refractivity contribution >= 4 is 0 Å². The third-order valence-corrected chi connectivity index (χ3v) is 3.45. The van der Waals surface area contributed by atoms with Gasteiger partial charge in [-0.1, -0.05) is 0 Å². The molecule has 110 valence electrons. The minimum Gasteiger partial charge on any atom is -0.493 e. The van der Waals surface area contributed by atoms with Gasteiger partial charge in [-0.25, -0.2) is 0 Å². The molecule has 0 aromatic carbocycles. The molecule has 2 rings (SSSR count). The zero-order valence-electron chi connectivity index (χ0n) is 12.6. The van der Waals surface area contributed by atoms with E-state index < -0.39 is 0 Å². The molecule has 0 saturated heterocycles. The van der Waals surface area contributed by atoms with Crippen molar-refractivity contribution in [1.29, 1.82) is 0 Å². The zero-order chi connectivity index (χ0) is 14.5. The molecule has 0 aliphatic carbocycles. The van der Waals surface area contributed by atoms with Crippen molar-refractivity contribution in [2.75, 3.05) is 14.2 Å². The molecule has 1 N–H and O–H groups in total. The van der Waals surface area contributed by atoms with Gasteiger partial charge in [-0.3, -0.25) is 4.68 Å². The van der Waals surface area contributed by atoms with Gasteiger partial charge in [-0.2, -0.15) is 5.10 Å². The summed E-state index contributed by atoms with van der Waals surface area (Å²) in [6, 6.07) is 4.40. The lowest BCUT2D eigenvalue weighted by atomic mass is 10.1. The van der Waals surface area contributed by atoms with Gasteiger partial charge in [0.15, 0.2) is 5.75 Å². The molecule has 1 atom stereocenters. The highest BCUT2D eigenvalue weighted by atomic mass is 16.5. The Morgan fingerprint density at radius 3 is 2.80 bits per heavy atom. The van der Waals surface area contributed by atoms with Crippen LogP contribution in [0.2, 0.25) is 0 Å². The Labute approximate surface area is 119 Å². The fourth-order valence-electron chi connectivity index (χ4n) is 2.42. The normalized spacial score (nSPS) is 12.8. The Morgan fingerprint density at radius 1 is 1.45 bits per heavy atom. The molecule has 2 aromatic heterocycles. The lowest BCUT2D eigenvalue weighted by Gasteiger charge is -2.20. The third-order valence-electron chi connectivity index (χ3n) is 3.45. The van der Waals surface area contributed by atoms with Crippen molar-refractivity contribution in [2.45, 2.75) is 38.8 Å². The summed E-state index contributed by atoms with van der Waals surface area (Å²) in [4.78, 5) is 0. The molecule has 0 aliphatic heterocycles. The quantitative estimate of drug-likeness (QED) is 0.845. The van der Waals surface area contributed by atoms with Crippen molar-refractivity contribution in [3.05, 3.63) is 36.0 Å². The Morgan fingerprint density at radius 2 is 2.25 bits per heavy atom. The van der Waals surface area contributed by atoms with E-state index in [0.29, 0.717) is 6.04 Å². The number of rotatable bonds is 7. The van der Waals surface area contributed by atoms with E-state index in [1.54, 1.807) is 19.6 Å². The Bertz CT molecular complexity index is 517. The van der Waals surface area contributed by atoms with Crippen LogP contribution in [0, 0.1) is 0 Å². The average molecular weight is 277 g/mol. The van der Waals surface area contributed by atoms with E-state index >= 15 is 0 Å². The lowest BCUT2D eigenvalue weighted by Crippen LogP contribution is -2.22. The molecule has 1 unspecified atom stereocenters. The van der Waals surface area contributed by atoms with Gasteiger partial charge in [0.25, 0.3) is 0 Å². The van der Waals surface area contributed by atoms with Crippen LogP contribution in [0.1, 0.15) is 43.8 Å². The number of aromatic nitrogens is 2. The second kappa shape index (κ2) is 6.61. The molecule has 0 bridgehead atoms. The summed E-state index contributed by atoms with van der Waals surface area (Å²) in [5.74, 6) is 1.83. The summed E-state index contributed by atoms with van der Waals surface area (Å²) >= 11 is 0. The molecule has 2 aromatic rings. The maximum atomic E-state index is 5.45. The smallest absolute Gasteiger partial charge is 0.161 e. The first kappa shape index (κ1) is 14.7. The number of nitrogens with zero attached hydrogens (tertiary/aromatic N) is 2. The number of ether oxygens (including phenoxy) is 1. The molecule has 0 fully saturated rings. The highest BCUT2D eigenvalue weighted by molar-refractivity contribution is 5.29. The van der Waals surface area contributed by atoms with E-state index in [1.165, 1.54) is 0 Å². The fraction of sp³-hybridized carbons (Fsp3) is 0.533. The van der Waals surface area contributed by atoms with E-state index in [1.807, 2.05) is 23.9 Å². The van der Waals surface area contributed by atoms with Crippen LogP contribution in [0.3, 0.4) is 0 Å². The summed E-state index contributed by atoms with van der Waals surface area (Å²) in [5, 5.41) is 7.78. The third kappa shape index (κ3) is 3.04. The molecule has 0 amide bonds. The van der Waals surface area contributed by atoms with Crippen molar-refractivity contribution in [3.8, 4) is 5.75 Å². The molecule has 20 heavy (non-hydrogen) atoms. The Balaban J connectivity index is 2.19. The lowest BCUT2D eigenvalue weighted by molar-refractivity contribution is 0.379.